The zero-order valence-corrected chi connectivity index (χ0v) is 18.3. The number of ketones is 1. The third kappa shape index (κ3) is 8.37. The number of thiophene rings is 1. The van der Waals surface area contributed by atoms with Crippen molar-refractivity contribution < 1.29 is 23.9 Å². The number of ether oxygens (including phenoxy) is 2. The highest BCUT2D eigenvalue weighted by Gasteiger charge is 2.14. The van der Waals surface area contributed by atoms with E-state index in [2.05, 4.69) is 12.2 Å². The van der Waals surface area contributed by atoms with Crippen molar-refractivity contribution >= 4 is 29.0 Å². The van der Waals surface area contributed by atoms with Crippen molar-refractivity contribution in [1.82, 2.24) is 5.32 Å². The summed E-state index contributed by atoms with van der Waals surface area (Å²) in [7, 11) is 0. The predicted octanol–water partition coefficient (Wildman–Crippen LogP) is 4.70. The Labute approximate surface area is 181 Å². The van der Waals surface area contributed by atoms with Gasteiger partial charge in [0, 0.05) is 16.9 Å². The summed E-state index contributed by atoms with van der Waals surface area (Å²) < 4.78 is 10.6. The molecule has 162 valence electrons. The largest absolute Gasteiger partial charge is 0.494 e. The number of unbranched alkanes of at least 4 members (excludes halogenated alkanes) is 2. The highest BCUT2D eigenvalue weighted by Crippen LogP contribution is 2.18. The van der Waals surface area contributed by atoms with Gasteiger partial charge in [-0.1, -0.05) is 25.8 Å². The highest BCUT2D eigenvalue weighted by molar-refractivity contribution is 7.10. The standard InChI is InChI=1S/C23H29NO5S/c1-3-4-5-14-28-19-10-8-18(9-11-19)20(25)12-13-23(27)29-16-22(26)24-17(2)21-7-6-15-30-21/h6-11,15,17H,3-5,12-14,16H2,1-2H3,(H,24,26). The van der Waals surface area contributed by atoms with Gasteiger partial charge in [-0.25, -0.2) is 0 Å². The van der Waals surface area contributed by atoms with Gasteiger partial charge in [0.1, 0.15) is 5.75 Å². The number of esters is 1. The molecule has 30 heavy (non-hydrogen) atoms. The first-order valence-corrected chi connectivity index (χ1v) is 11.1. The maximum atomic E-state index is 12.2. The van der Waals surface area contributed by atoms with Crippen molar-refractivity contribution in [3.05, 3.63) is 52.2 Å². The maximum Gasteiger partial charge on any atom is 0.306 e. The second-order valence-electron chi connectivity index (χ2n) is 6.97. The summed E-state index contributed by atoms with van der Waals surface area (Å²) in [5, 5.41) is 4.70. The summed E-state index contributed by atoms with van der Waals surface area (Å²) in [4.78, 5) is 37.0. The Hall–Kier alpha value is -2.67. The molecule has 0 bridgehead atoms. The van der Waals surface area contributed by atoms with E-state index < -0.39 is 5.97 Å². The van der Waals surface area contributed by atoms with Crippen LogP contribution in [0, 0.1) is 0 Å². The molecule has 1 N–H and O–H groups in total. The third-order valence-electron chi connectivity index (χ3n) is 4.46. The molecule has 1 atom stereocenters. The SMILES string of the molecule is CCCCCOc1ccc(C(=O)CCC(=O)OCC(=O)NC(C)c2cccs2)cc1. The first kappa shape index (κ1) is 23.6. The molecule has 1 unspecified atom stereocenters. The topological polar surface area (TPSA) is 81.7 Å². The van der Waals surface area contributed by atoms with E-state index in [0.717, 1.165) is 29.9 Å². The number of hydrogen-bond donors (Lipinski definition) is 1. The quantitative estimate of drug-likeness (QED) is 0.282. The van der Waals surface area contributed by atoms with Gasteiger partial charge in [-0.2, -0.15) is 0 Å². The van der Waals surface area contributed by atoms with E-state index >= 15 is 0 Å². The van der Waals surface area contributed by atoms with Gasteiger partial charge in [0.2, 0.25) is 0 Å². The molecular formula is C23H29NO5S. The van der Waals surface area contributed by atoms with Gasteiger partial charge >= 0.3 is 5.97 Å². The monoisotopic (exact) mass is 431 g/mol. The van der Waals surface area contributed by atoms with Crippen LogP contribution in [0.4, 0.5) is 0 Å². The Morgan fingerprint density at radius 3 is 2.50 bits per heavy atom. The first-order chi connectivity index (χ1) is 14.5. The molecule has 0 saturated heterocycles. The van der Waals surface area contributed by atoms with Crippen LogP contribution < -0.4 is 10.1 Å². The molecule has 7 heteroatoms. The minimum atomic E-state index is -0.571. The lowest BCUT2D eigenvalue weighted by molar-refractivity contribution is -0.148. The van der Waals surface area contributed by atoms with Gasteiger partial charge < -0.3 is 14.8 Å². The van der Waals surface area contributed by atoms with Crippen LogP contribution in [0.15, 0.2) is 41.8 Å². The van der Waals surface area contributed by atoms with E-state index in [0.29, 0.717) is 12.2 Å². The summed E-state index contributed by atoms with van der Waals surface area (Å²) in [6.07, 6.45) is 3.23. The van der Waals surface area contributed by atoms with E-state index in [1.165, 1.54) is 0 Å². The van der Waals surface area contributed by atoms with Crippen molar-refractivity contribution in [1.29, 1.82) is 0 Å². The zero-order chi connectivity index (χ0) is 21.8. The Morgan fingerprint density at radius 2 is 1.83 bits per heavy atom. The Bertz CT molecular complexity index is 802. The number of hydrogen-bond acceptors (Lipinski definition) is 6. The molecule has 1 amide bonds. The molecule has 0 aliphatic rings. The minimum Gasteiger partial charge on any atom is -0.494 e. The van der Waals surface area contributed by atoms with Crippen molar-refractivity contribution in [2.45, 2.75) is 52.0 Å². The molecule has 0 aliphatic carbocycles. The third-order valence-corrected chi connectivity index (χ3v) is 5.52. The highest BCUT2D eigenvalue weighted by atomic mass is 32.1. The Morgan fingerprint density at radius 1 is 1.07 bits per heavy atom. The van der Waals surface area contributed by atoms with Gasteiger partial charge in [0.15, 0.2) is 12.4 Å². The van der Waals surface area contributed by atoms with Gasteiger partial charge in [0.25, 0.3) is 5.91 Å². The molecule has 0 spiro atoms. The Balaban J connectivity index is 1.66. The molecule has 2 rings (SSSR count). The van der Waals surface area contributed by atoms with Gasteiger partial charge in [-0.15, -0.1) is 11.3 Å². The summed E-state index contributed by atoms with van der Waals surface area (Å²) >= 11 is 1.55. The van der Waals surface area contributed by atoms with Crippen molar-refractivity contribution in [2.24, 2.45) is 0 Å². The van der Waals surface area contributed by atoms with E-state index in [1.54, 1.807) is 35.6 Å². The molecule has 0 radical (unpaired) electrons. The predicted molar refractivity (Wildman–Crippen MR) is 117 cm³/mol. The average molecular weight is 432 g/mol. The van der Waals surface area contributed by atoms with Crippen LogP contribution in [-0.4, -0.2) is 30.9 Å². The molecular weight excluding hydrogens is 402 g/mol. The minimum absolute atomic E-state index is 0.0305. The normalized spacial score (nSPS) is 11.5. The molecule has 1 aromatic heterocycles. The molecule has 0 saturated carbocycles. The van der Waals surface area contributed by atoms with Crippen LogP contribution in [-0.2, 0) is 14.3 Å². The van der Waals surface area contributed by atoms with Gasteiger partial charge in [-0.05, 0) is 49.1 Å². The number of Topliss-reactive ketones (excluding diaryl/α,β-unsaturated/α-hetero) is 1. The molecule has 1 aromatic carbocycles. The van der Waals surface area contributed by atoms with Crippen LogP contribution in [0.3, 0.4) is 0 Å². The smallest absolute Gasteiger partial charge is 0.306 e. The molecule has 2 aromatic rings. The van der Waals surface area contributed by atoms with Crippen molar-refractivity contribution in [3.8, 4) is 5.75 Å². The van der Waals surface area contributed by atoms with E-state index in [4.69, 9.17) is 9.47 Å². The van der Waals surface area contributed by atoms with Crippen LogP contribution >= 0.6 is 11.3 Å². The van der Waals surface area contributed by atoms with Crippen molar-refractivity contribution in [3.63, 3.8) is 0 Å². The second-order valence-corrected chi connectivity index (χ2v) is 7.95. The summed E-state index contributed by atoms with van der Waals surface area (Å²) in [6.45, 7) is 4.31. The fourth-order valence-electron chi connectivity index (χ4n) is 2.75. The summed E-state index contributed by atoms with van der Waals surface area (Å²) in [5.41, 5.74) is 0.520. The van der Waals surface area contributed by atoms with Crippen LogP contribution in [0.1, 0.15) is 67.2 Å². The molecule has 0 fully saturated rings. The number of carbonyl (C=O) groups excluding carboxylic acids is 3. The average Bonchev–Trinajstić information content (AvgIpc) is 3.29. The number of amides is 1. The Kier molecular flexibility index (Phi) is 10.1. The van der Waals surface area contributed by atoms with Gasteiger partial charge in [-0.3, -0.25) is 14.4 Å². The zero-order valence-electron chi connectivity index (χ0n) is 17.5. The van der Waals surface area contributed by atoms with Crippen LogP contribution in [0.25, 0.3) is 0 Å². The fraction of sp³-hybridized carbons (Fsp3) is 0.435. The number of rotatable bonds is 13. The van der Waals surface area contributed by atoms with Crippen LogP contribution in [0.2, 0.25) is 0 Å². The van der Waals surface area contributed by atoms with Crippen molar-refractivity contribution in [2.75, 3.05) is 13.2 Å². The van der Waals surface area contributed by atoms with Crippen LogP contribution in [0.5, 0.6) is 5.75 Å². The lowest BCUT2D eigenvalue weighted by atomic mass is 10.1. The summed E-state index contributed by atoms with van der Waals surface area (Å²) in [6, 6.07) is 10.6. The molecule has 6 nitrogen and oxygen atoms in total. The maximum absolute atomic E-state index is 12.2. The molecule has 1 heterocycles. The van der Waals surface area contributed by atoms with E-state index in [9.17, 15) is 14.4 Å². The molecule has 0 aliphatic heterocycles. The fourth-order valence-corrected chi connectivity index (χ4v) is 3.48. The number of benzene rings is 1. The summed E-state index contributed by atoms with van der Waals surface area (Å²) in [5.74, 6) is -0.367. The lowest BCUT2D eigenvalue weighted by Gasteiger charge is -2.12. The van der Waals surface area contributed by atoms with Gasteiger partial charge in [0.05, 0.1) is 19.1 Å². The lowest BCUT2D eigenvalue weighted by Crippen LogP contribution is -2.30. The number of nitrogens with one attached hydrogen (secondary N) is 1. The van der Waals surface area contributed by atoms with E-state index in [1.807, 2.05) is 24.4 Å². The first-order valence-electron chi connectivity index (χ1n) is 10.2. The second kappa shape index (κ2) is 12.8. The van der Waals surface area contributed by atoms with E-state index in [-0.39, 0.29) is 37.2 Å². The number of carbonyl (C=O) groups is 3.